The Morgan fingerprint density at radius 3 is 2.50 bits per heavy atom. The van der Waals surface area contributed by atoms with Gasteiger partial charge in [0.05, 0.1) is 0 Å². The van der Waals surface area contributed by atoms with Gasteiger partial charge in [-0.25, -0.2) is 0 Å². The molecule has 0 saturated carbocycles. The normalized spacial score (nSPS) is 14.1. The van der Waals surface area contributed by atoms with Crippen molar-refractivity contribution in [3.63, 3.8) is 0 Å². The fourth-order valence-electron chi connectivity index (χ4n) is 1.07. The molecule has 0 fully saturated rings. The Hall–Kier alpha value is -0.0800. The van der Waals surface area contributed by atoms with E-state index in [4.69, 9.17) is 0 Å². The molecule has 0 aliphatic rings. The molecule has 2 heteroatoms. The molecule has 0 rings (SSSR count). The van der Waals surface area contributed by atoms with Gasteiger partial charge in [-0.15, -0.1) is 0 Å². The lowest BCUT2D eigenvalue weighted by molar-refractivity contribution is 0.296. The topological polar surface area (TPSA) is 15.3 Å². The van der Waals surface area contributed by atoms with Gasteiger partial charge in [0.15, 0.2) is 0 Å². The second-order valence-electron chi connectivity index (χ2n) is 3.02. The van der Waals surface area contributed by atoms with E-state index in [-0.39, 0.29) is 0 Å². The zero-order valence-corrected chi connectivity index (χ0v) is 7.65. The summed E-state index contributed by atoms with van der Waals surface area (Å²) in [4.78, 5) is 2.34. The second kappa shape index (κ2) is 5.69. The lowest BCUT2D eigenvalue weighted by Crippen LogP contribution is -2.29. The molecule has 0 aromatic rings. The van der Waals surface area contributed by atoms with Gasteiger partial charge in [0, 0.05) is 6.54 Å². The maximum atomic E-state index is 3.17. The minimum absolute atomic E-state index is 0.759. The summed E-state index contributed by atoms with van der Waals surface area (Å²) in [5, 5.41) is 3.17. The second-order valence-corrected chi connectivity index (χ2v) is 3.02. The van der Waals surface area contributed by atoms with Crippen molar-refractivity contribution in [2.75, 3.05) is 33.7 Å². The predicted molar refractivity (Wildman–Crippen MR) is 46.3 cm³/mol. The van der Waals surface area contributed by atoms with Crippen LogP contribution in [0.2, 0.25) is 0 Å². The van der Waals surface area contributed by atoms with Gasteiger partial charge in [-0.1, -0.05) is 13.8 Å². The van der Waals surface area contributed by atoms with E-state index in [1.807, 2.05) is 7.05 Å². The first-order valence-corrected chi connectivity index (χ1v) is 4.03. The summed E-state index contributed by atoms with van der Waals surface area (Å²) in [6.45, 7) is 7.91. The third-order valence-corrected chi connectivity index (χ3v) is 1.72. The van der Waals surface area contributed by atoms with Gasteiger partial charge in [-0.05, 0) is 33.1 Å². The molecule has 0 aliphatic carbocycles. The number of hydrogen-bond acceptors (Lipinski definition) is 2. The van der Waals surface area contributed by atoms with E-state index in [1.165, 1.54) is 6.54 Å². The van der Waals surface area contributed by atoms with Crippen LogP contribution >= 0.6 is 0 Å². The van der Waals surface area contributed by atoms with Crippen molar-refractivity contribution in [1.29, 1.82) is 0 Å². The smallest absolute Gasteiger partial charge is 0.00160 e. The summed E-state index contributed by atoms with van der Waals surface area (Å²) in [5.74, 6) is 0.759. The summed E-state index contributed by atoms with van der Waals surface area (Å²) < 4.78 is 0. The first-order chi connectivity index (χ1) is 4.70. The Bertz CT molecular complexity index is 73.7. The monoisotopic (exact) mass is 144 g/mol. The van der Waals surface area contributed by atoms with Gasteiger partial charge in [0.25, 0.3) is 0 Å². The minimum atomic E-state index is 0.759. The third-order valence-electron chi connectivity index (χ3n) is 1.72. The van der Waals surface area contributed by atoms with Crippen LogP contribution in [0.3, 0.4) is 0 Å². The van der Waals surface area contributed by atoms with Gasteiger partial charge in [-0.3, -0.25) is 0 Å². The summed E-state index contributed by atoms with van der Waals surface area (Å²) in [6, 6.07) is 0. The fourth-order valence-corrected chi connectivity index (χ4v) is 1.07. The van der Waals surface area contributed by atoms with Crippen molar-refractivity contribution in [3.8, 4) is 0 Å². The van der Waals surface area contributed by atoms with E-state index in [1.54, 1.807) is 0 Å². The van der Waals surface area contributed by atoms with Crippen LogP contribution in [-0.4, -0.2) is 38.6 Å². The highest BCUT2D eigenvalue weighted by molar-refractivity contribution is 4.58. The number of rotatable bonds is 5. The molecule has 1 atom stereocenters. The lowest BCUT2D eigenvalue weighted by Gasteiger charge is -2.18. The maximum Gasteiger partial charge on any atom is 0.00160 e. The summed E-state index contributed by atoms with van der Waals surface area (Å²) in [5.41, 5.74) is 0. The predicted octanol–water partition coefficient (Wildman–Crippen LogP) is 0.794. The zero-order chi connectivity index (χ0) is 7.98. The first kappa shape index (κ1) is 9.92. The van der Waals surface area contributed by atoms with Crippen LogP contribution in [0.4, 0.5) is 0 Å². The van der Waals surface area contributed by atoms with Gasteiger partial charge in [0.1, 0.15) is 0 Å². The average molecular weight is 144 g/mol. The number of nitrogens with one attached hydrogen (secondary N) is 1. The highest BCUT2D eigenvalue weighted by Crippen LogP contribution is 1.94. The fraction of sp³-hybridized carbons (Fsp3) is 1.00. The van der Waals surface area contributed by atoms with Crippen LogP contribution in [0.15, 0.2) is 0 Å². The van der Waals surface area contributed by atoms with E-state index < -0.39 is 0 Å². The lowest BCUT2D eigenvalue weighted by atomic mass is 10.2. The molecule has 1 N–H and O–H groups in total. The van der Waals surface area contributed by atoms with E-state index in [2.05, 4.69) is 31.1 Å². The molecular weight excluding hydrogens is 124 g/mol. The highest BCUT2D eigenvalue weighted by atomic mass is 15.1. The van der Waals surface area contributed by atoms with Gasteiger partial charge < -0.3 is 10.2 Å². The number of nitrogens with zero attached hydrogens (tertiary/aromatic N) is 1. The Morgan fingerprint density at radius 2 is 2.10 bits per heavy atom. The van der Waals surface area contributed by atoms with Crippen molar-refractivity contribution < 1.29 is 0 Å². The van der Waals surface area contributed by atoms with Crippen LogP contribution in [-0.2, 0) is 0 Å². The van der Waals surface area contributed by atoms with Gasteiger partial charge >= 0.3 is 0 Å². The Balaban J connectivity index is 3.27. The molecule has 2 nitrogen and oxygen atoms in total. The summed E-state index contributed by atoms with van der Waals surface area (Å²) in [7, 11) is 4.16. The molecule has 0 aliphatic heterocycles. The van der Waals surface area contributed by atoms with Crippen LogP contribution in [0.25, 0.3) is 0 Å². The van der Waals surface area contributed by atoms with Crippen LogP contribution in [0.5, 0.6) is 0 Å². The van der Waals surface area contributed by atoms with E-state index in [9.17, 15) is 0 Å². The largest absolute Gasteiger partial charge is 0.319 e. The third kappa shape index (κ3) is 4.77. The van der Waals surface area contributed by atoms with Crippen molar-refractivity contribution in [2.24, 2.45) is 5.92 Å². The van der Waals surface area contributed by atoms with Crippen LogP contribution in [0, 0.1) is 5.92 Å². The maximum absolute atomic E-state index is 3.17. The Morgan fingerprint density at radius 1 is 1.50 bits per heavy atom. The van der Waals surface area contributed by atoms with Crippen LogP contribution < -0.4 is 5.32 Å². The molecule has 62 valence electrons. The first-order valence-electron chi connectivity index (χ1n) is 4.03. The van der Waals surface area contributed by atoms with Gasteiger partial charge in [0.2, 0.25) is 0 Å². The molecule has 0 amide bonds. The summed E-state index contributed by atoms with van der Waals surface area (Å²) >= 11 is 0. The molecule has 0 aromatic carbocycles. The average Bonchev–Trinajstić information content (AvgIpc) is 1.88. The van der Waals surface area contributed by atoms with E-state index >= 15 is 0 Å². The standard InChI is InChI=1S/C8H20N2/c1-5-10(4)7-8(2)6-9-3/h8-9H,5-7H2,1-4H3. The van der Waals surface area contributed by atoms with Crippen molar-refractivity contribution in [3.05, 3.63) is 0 Å². The van der Waals surface area contributed by atoms with Gasteiger partial charge in [-0.2, -0.15) is 0 Å². The molecule has 0 aromatic heterocycles. The molecule has 0 heterocycles. The Labute approximate surface area is 64.6 Å². The van der Waals surface area contributed by atoms with E-state index in [0.29, 0.717) is 0 Å². The molecular formula is C8H20N2. The molecule has 1 unspecified atom stereocenters. The van der Waals surface area contributed by atoms with E-state index in [0.717, 1.165) is 19.0 Å². The molecule has 10 heavy (non-hydrogen) atoms. The Kier molecular flexibility index (Phi) is 5.64. The molecule has 0 spiro atoms. The SMILES string of the molecule is CCN(C)CC(C)CNC. The van der Waals surface area contributed by atoms with Crippen molar-refractivity contribution >= 4 is 0 Å². The van der Waals surface area contributed by atoms with Crippen LogP contribution in [0.1, 0.15) is 13.8 Å². The molecule has 0 radical (unpaired) electrons. The molecule has 0 saturated heterocycles. The summed E-state index contributed by atoms with van der Waals surface area (Å²) in [6.07, 6.45) is 0. The zero-order valence-electron chi connectivity index (χ0n) is 7.65. The number of hydrogen-bond donors (Lipinski definition) is 1. The molecule has 0 bridgehead atoms. The van der Waals surface area contributed by atoms with Crippen molar-refractivity contribution in [2.45, 2.75) is 13.8 Å². The minimum Gasteiger partial charge on any atom is -0.319 e. The highest BCUT2D eigenvalue weighted by Gasteiger charge is 2.02. The quantitative estimate of drug-likeness (QED) is 0.614. The van der Waals surface area contributed by atoms with Crippen molar-refractivity contribution in [1.82, 2.24) is 10.2 Å².